The highest BCUT2D eigenvalue weighted by molar-refractivity contribution is 6.01. The number of aliphatic hydroxyl groups excluding tert-OH is 1. The number of nitrogens with two attached hydrogens (primary N) is 1. The van der Waals surface area contributed by atoms with Gasteiger partial charge in [0.15, 0.2) is 0 Å². The second kappa shape index (κ2) is 6.92. The fourth-order valence-electron chi connectivity index (χ4n) is 3.64. The number of anilines is 2. The fraction of sp³-hybridized carbons (Fsp3) is 0.286. The lowest BCUT2D eigenvalue weighted by Crippen LogP contribution is -2.28. The van der Waals surface area contributed by atoms with E-state index in [-0.39, 0.29) is 18.0 Å². The van der Waals surface area contributed by atoms with Crippen LogP contribution in [0.25, 0.3) is 21.9 Å². The second-order valence-electron chi connectivity index (χ2n) is 6.98. The van der Waals surface area contributed by atoms with E-state index >= 15 is 0 Å². The minimum atomic E-state index is -0.282. The molecule has 134 valence electrons. The van der Waals surface area contributed by atoms with Gasteiger partial charge < -0.3 is 16.2 Å². The summed E-state index contributed by atoms with van der Waals surface area (Å²) in [7, 11) is 0. The summed E-state index contributed by atoms with van der Waals surface area (Å²) in [5, 5.41) is 14.8. The SMILES string of the molecule is Nc1ccc(-c2cnc(NC3CCC(O)CC3)c3cc(F)ccc23)cc1. The minimum absolute atomic E-state index is 0.205. The van der Waals surface area contributed by atoms with Gasteiger partial charge in [0.1, 0.15) is 11.6 Å². The molecule has 4 rings (SSSR count). The van der Waals surface area contributed by atoms with Crippen LogP contribution in [-0.4, -0.2) is 22.2 Å². The Kier molecular flexibility index (Phi) is 4.47. The molecule has 0 amide bonds. The van der Waals surface area contributed by atoms with Crippen LogP contribution in [0.3, 0.4) is 0 Å². The molecule has 4 N–H and O–H groups in total. The van der Waals surface area contributed by atoms with E-state index in [1.54, 1.807) is 6.07 Å². The van der Waals surface area contributed by atoms with Crippen LogP contribution in [-0.2, 0) is 0 Å². The van der Waals surface area contributed by atoms with Gasteiger partial charge in [0, 0.05) is 28.9 Å². The van der Waals surface area contributed by atoms with Crippen LogP contribution < -0.4 is 11.1 Å². The molecule has 1 aliphatic carbocycles. The molecule has 0 aliphatic heterocycles. The van der Waals surface area contributed by atoms with Crippen LogP contribution in [0.2, 0.25) is 0 Å². The van der Waals surface area contributed by atoms with Crippen LogP contribution in [0.4, 0.5) is 15.9 Å². The lowest BCUT2D eigenvalue weighted by molar-refractivity contribution is 0.126. The first kappa shape index (κ1) is 16.8. The number of nitrogens with zero attached hydrogens (tertiary/aromatic N) is 1. The number of hydrogen-bond donors (Lipinski definition) is 3. The highest BCUT2D eigenvalue weighted by atomic mass is 19.1. The quantitative estimate of drug-likeness (QED) is 0.614. The maximum atomic E-state index is 13.9. The predicted molar refractivity (Wildman–Crippen MR) is 103 cm³/mol. The first-order valence-corrected chi connectivity index (χ1v) is 8.99. The number of nitrogen functional groups attached to an aromatic ring is 1. The van der Waals surface area contributed by atoms with Crippen LogP contribution in [0, 0.1) is 5.82 Å². The van der Waals surface area contributed by atoms with Crippen molar-refractivity contribution in [1.82, 2.24) is 4.98 Å². The van der Waals surface area contributed by atoms with Crippen LogP contribution in [0.5, 0.6) is 0 Å². The van der Waals surface area contributed by atoms with Crippen molar-refractivity contribution in [1.29, 1.82) is 0 Å². The van der Waals surface area contributed by atoms with Crippen LogP contribution in [0.1, 0.15) is 25.7 Å². The largest absolute Gasteiger partial charge is 0.399 e. The molecule has 1 heterocycles. The monoisotopic (exact) mass is 351 g/mol. The van der Waals surface area contributed by atoms with E-state index in [1.165, 1.54) is 12.1 Å². The molecule has 0 bridgehead atoms. The molecule has 0 atom stereocenters. The third-order valence-corrected chi connectivity index (χ3v) is 5.11. The van der Waals surface area contributed by atoms with Crippen molar-refractivity contribution in [3.63, 3.8) is 0 Å². The van der Waals surface area contributed by atoms with Crippen LogP contribution >= 0.6 is 0 Å². The van der Waals surface area contributed by atoms with Crippen molar-refractivity contribution in [2.75, 3.05) is 11.1 Å². The summed E-state index contributed by atoms with van der Waals surface area (Å²) >= 11 is 0. The fourth-order valence-corrected chi connectivity index (χ4v) is 3.64. The van der Waals surface area contributed by atoms with Gasteiger partial charge in [-0.25, -0.2) is 9.37 Å². The lowest BCUT2D eigenvalue weighted by atomic mass is 9.93. The first-order chi connectivity index (χ1) is 12.6. The summed E-state index contributed by atoms with van der Waals surface area (Å²) in [6.07, 6.45) is 4.97. The Bertz CT molecular complexity index is 918. The Morgan fingerprint density at radius 2 is 1.73 bits per heavy atom. The zero-order valence-corrected chi connectivity index (χ0v) is 14.5. The molecule has 0 unspecified atom stereocenters. The Hall–Kier alpha value is -2.66. The standard InChI is InChI=1S/C21H22FN3O/c22-14-3-10-18-19(11-14)21(25-16-6-8-17(26)9-7-16)24-12-20(18)13-1-4-15(23)5-2-13/h1-5,10-12,16-17,26H,6-9,23H2,(H,24,25). The first-order valence-electron chi connectivity index (χ1n) is 8.99. The highest BCUT2D eigenvalue weighted by Gasteiger charge is 2.20. The van der Waals surface area contributed by atoms with Gasteiger partial charge in [-0.2, -0.15) is 0 Å². The molecule has 0 radical (unpaired) electrons. The lowest BCUT2D eigenvalue weighted by Gasteiger charge is -2.27. The molecule has 0 spiro atoms. The van der Waals surface area contributed by atoms with Gasteiger partial charge in [0.05, 0.1) is 6.10 Å². The molecule has 1 aliphatic rings. The third kappa shape index (κ3) is 3.35. The van der Waals surface area contributed by atoms with Gasteiger partial charge in [0.25, 0.3) is 0 Å². The number of pyridine rings is 1. The number of benzene rings is 2. The third-order valence-electron chi connectivity index (χ3n) is 5.11. The molecule has 4 nitrogen and oxygen atoms in total. The van der Waals surface area contributed by atoms with E-state index in [0.717, 1.165) is 47.6 Å². The summed E-state index contributed by atoms with van der Waals surface area (Å²) in [6, 6.07) is 12.7. The molecule has 1 aromatic heterocycles. The summed E-state index contributed by atoms with van der Waals surface area (Å²) < 4.78 is 13.9. The van der Waals surface area contributed by atoms with Gasteiger partial charge in [-0.05, 0) is 60.9 Å². The smallest absolute Gasteiger partial charge is 0.134 e. The number of aliphatic hydroxyl groups is 1. The number of nitrogens with one attached hydrogen (secondary N) is 1. The van der Waals surface area contributed by atoms with E-state index in [2.05, 4.69) is 10.3 Å². The molecule has 2 aromatic carbocycles. The van der Waals surface area contributed by atoms with Gasteiger partial charge in [-0.3, -0.25) is 0 Å². The van der Waals surface area contributed by atoms with Gasteiger partial charge in [0.2, 0.25) is 0 Å². The zero-order valence-electron chi connectivity index (χ0n) is 14.5. The van der Waals surface area contributed by atoms with E-state index in [1.807, 2.05) is 30.5 Å². The number of rotatable bonds is 3. The van der Waals surface area contributed by atoms with Gasteiger partial charge >= 0.3 is 0 Å². The number of fused-ring (bicyclic) bond motifs is 1. The van der Waals surface area contributed by atoms with E-state index in [9.17, 15) is 9.50 Å². The molecule has 5 heteroatoms. The van der Waals surface area contributed by atoms with Crippen molar-refractivity contribution < 1.29 is 9.50 Å². The summed E-state index contributed by atoms with van der Waals surface area (Å²) in [5.41, 5.74) is 8.43. The number of halogens is 1. The Morgan fingerprint density at radius 3 is 2.46 bits per heavy atom. The number of aromatic nitrogens is 1. The molecular formula is C21H22FN3O. The Morgan fingerprint density at radius 1 is 1.00 bits per heavy atom. The normalized spacial score (nSPS) is 20.2. The second-order valence-corrected chi connectivity index (χ2v) is 6.98. The molecule has 26 heavy (non-hydrogen) atoms. The average molecular weight is 351 g/mol. The predicted octanol–water partition coefficient (Wildman–Crippen LogP) is 4.34. The van der Waals surface area contributed by atoms with Crippen molar-refractivity contribution in [2.45, 2.75) is 37.8 Å². The Balaban J connectivity index is 1.74. The van der Waals surface area contributed by atoms with Crippen LogP contribution in [0.15, 0.2) is 48.7 Å². The molecule has 1 saturated carbocycles. The Labute approximate surface area is 151 Å². The van der Waals surface area contributed by atoms with E-state index < -0.39 is 0 Å². The summed E-state index contributed by atoms with van der Waals surface area (Å²) in [4.78, 5) is 4.59. The van der Waals surface area contributed by atoms with Crippen molar-refractivity contribution in [3.05, 3.63) is 54.5 Å². The number of hydrogen-bond acceptors (Lipinski definition) is 4. The summed E-state index contributed by atoms with van der Waals surface area (Å²) in [6.45, 7) is 0. The average Bonchev–Trinajstić information content (AvgIpc) is 2.65. The summed E-state index contributed by atoms with van der Waals surface area (Å²) in [5.74, 6) is 0.413. The topological polar surface area (TPSA) is 71.2 Å². The van der Waals surface area contributed by atoms with Gasteiger partial charge in [-0.1, -0.05) is 18.2 Å². The van der Waals surface area contributed by atoms with Crippen molar-refractivity contribution in [3.8, 4) is 11.1 Å². The molecule has 0 saturated heterocycles. The molecule has 1 fully saturated rings. The van der Waals surface area contributed by atoms with Crippen molar-refractivity contribution in [2.24, 2.45) is 0 Å². The highest BCUT2D eigenvalue weighted by Crippen LogP contribution is 2.33. The minimum Gasteiger partial charge on any atom is -0.399 e. The molecule has 3 aromatic rings. The van der Waals surface area contributed by atoms with Gasteiger partial charge in [-0.15, -0.1) is 0 Å². The van der Waals surface area contributed by atoms with Crippen molar-refractivity contribution >= 4 is 22.3 Å². The maximum absolute atomic E-state index is 13.9. The zero-order chi connectivity index (χ0) is 18.1. The maximum Gasteiger partial charge on any atom is 0.134 e. The van der Waals surface area contributed by atoms with E-state index in [0.29, 0.717) is 11.5 Å². The van der Waals surface area contributed by atoms with E-state index in [4.69, 9.17) is 5.73 Å². The molecular weight excluding hydrogens is 329 g/mol.